The van der Waals surface area contributed by atoms with Crippen LogP contribution >= 0.6 is 0 Å². The summed E-state index contributed by atoms with van der Waals surface area (Å²) >= 11 is 0. The zero-order valence-corrected chi connectivity index (χ0v) is 21.0. The number of anilines is 1. The molecule has 0 spiro atoms. The number of nitrogens with zero attached hydrogens (tertiary/aromatic N) is 6. The van der Waals surface area contributed by atoms with Crippen molar-refractivity contribution in [1.82, 2.24) is 30.2 Å². The van der Waals surface area contributed by atoms with Gasteiger partial charge in [-0.2, -0.15) is 9.97 Å². The molecule has 0 radical (unpaired) electrons. The van der Waals surface area contributed by atoms with Gasteiger partial charge in [-0.05, 0) is 62.2 Å². The molecule has 0 saturated carbocycles. The standard InChI is InChI=1S/C28H31N7O2/c1-34-10-4-6-20(34)16-37-28-32-26-24(27(33-28)35-14-18-8-9-19(15-35)30-18)13-29-25(31-26)23-12-21(36)11-17-5-2-3-7-22(17)23/h2-3,5,7,11-13,18-20,30,36H,4,6,8-10,14-16H2,1H3. The maximum absolute atomic E-state index is 10.4. The fourth-order valence-electron chi connectivity index (χ4n) is 6.13. The van der Waals surface area contributed by atoms with E-state index in [-0.39, 0.29) is 5.75 Å². The van der Waals surface area contributed by atoms with E-state index in [0.717, 1.165) is 53.6 Å². The van der Waals surface area contributed by atoms with E-state index in [4.69, 9.17) is 24.7 Å². The molecule has 2 aromatic heterocycles. The zero-order valence-electron chi connectivity index (χ0n) is 21.0. The molecule has 2 N–H and O–H groups in total. The van der Waals surface area contributed by atoms with Gasteiger partial charge in [0.2, 0.25) is 0 Å². The van der Waals surface area contributed by atoms with Gasteiger partial charge in [0.1, 0.15) is 18.2 Å². The summed E-state index contributed by atoms with van der Waals surface area (Å²) in [6, 6.07) is 13.1. The lowest BCUT2D eigenvalue weighted by atomic mass is 10.0. The van der Waals surface area contributed by atoms with Gasteiger partial charge < -0.3 is 25.0 Å². The Labute approximate surface area is 215 Å². The fraction of sp³-hybridized carbons (Fsp3) is 0.429. The van der Waals surface area contributed by atoms with Crippen LogP contribution in [0.25, 0.3) is 33.2 Å². The van der Waals surface area contributed by atoms with Crippen LogP contribution in [0.15, 0.2) is 42.6 Å². The molecule has 4 aromatic rings. The lowest BCUT2D eigenvalue weighted by Gasteiger charge is -2.34. The summed E-state index contributed by atoms with van der Waals surface area (Å²) in [4.78, 5) is 24.0. The van der Waals surface area contributed by atoms with Gasteiger partial charge in [-0.3, -0.25) is 0 Å². The summed E-state index contributed by atoms with van der Waals surface area (Å²) in [5.74, 6) is 1.54. The van der Waals surface area contributed by atoms with E-state index >= 15 is 0 Å². The number of phenols is 1. The number of ether oxygens (including phenoxy) is 1. The Morgan fingerprint density at radius 2 is 1.86 bits per heavy atom. The number of hydrogen-bond donors (Lipinski definition) is 2. The topological polar surface area (TPSA) is 99.5 Å². The number of aromatic hydroxyl groups is 1. The van der Waals surface area contributed by atoms with E-state index < -0.39 is 0 Å². The molecular weight excluding hydrogens is 466 g/mol. The molecular formula is C28H31N7O2. The maximum atomic E-state index is 10.4. The van der Waals surface area contributed by atoms with Crippen LogP contribution in [0.5, 0.6) is 11.8 Å². The average Bonchev–Trinajstić information content (AvgIpc) is 3.49. The largest absolute Gasteiger partial charge is 0.508 e. The fourth-order valence-corrected chi connectivity index (χ4v) is 6.13. The van der Waals surface area contributed by atoms with Crippen LogP contribution in [0, 0.1) is 0 Å². The monoisotopic (exact) mass is 497 g/mol. The van der Waals surface area contributed by atoms with E-state index in [1.807, 2.05) is 30.5 Å². The van der Waals surface area contributed by atoms with Crippen molar-refractivity contribution in [3.63, 3.8) is 0 Å². The lowest BCUT2D eigenvalue weighted by Crippen LogP contribution is -2.51. The predicted molar refractivity (Wildman–Crippen MR) is 143 cm³/mol. The molecule has 9 heteroatoms. The first-order valence-corrected chi connectivity index (χ1v) is 13.2. The van der Waals surface area contributed by atoms with Crippen molar-refractivity contribution in [3.05, 3.63) is 42.6 Å². The van der Waals surface area contributed by atoms with Crippen LogP contribution in [0.4, 0.5) is 5.82 Å². The normalized spacial score (nSPS) is 23.8. The van der Waals surface area contributed by atoms with Crippen molar-refractivity contribution in [1.29, 1.82) is 0 Å². The molecule has 9 nitrogen and oxygen atoms in total. The van der Waals surface area contributed by atoms with Crippen molar-refractivity contribution in [2.24, 2.45) is 0 Å². The summed E-state index contributed by atoms with van der Waals surface area (Å²) in [6.07, 6.45) is 6.51. The molecule has 3 fully saturated rings. The van der Waals surface area contributed by atoms with Crippen LogP contribution < -0.4 is 15.0 Å². The molecule has 3 aliphatic rings. The molecule has 7 rings (SSSR count). The van der Waals surface area contributed by atoms with Crippen LogP contribution in [0.1, 0.15) is 25.7 Å². The van der Waals surface area contributed by atoms with Gasteiger partial charge in [0, 0.05) is 43.0 Å². The van der Waals surface area contributed by atoms with Crippen LogP contribution in [0.2, 0.25) is 0 Å². The summed E-state index contributed by atoms with van der Waals surface area (Å²) in [5, 5.41) is 16.8. The SMILES string of the molecule is CN1CCCC1COc1nc(N2CC3CCC(C2)N3)c2cnc(-c3cc(O)cc4ccccc34)nc2n1. The third-order valence-corrected chi connectivity index (χ3v) is 8.09. The van der Waals surface area contributed by atoms with Gasteiger partial charge >= 0.3 is 6.01 Å². The quantitative estimate of drug-likeness (QED) is 0.430. The number of likely N-dealkylation sites (tertiary alicyclic amines) is 1. The Balaban J connectivity index is 1.32. The molecule has 3 unspecified atom stereocenters. The molecule has 3 saturated heterocycles. The van der Waals surface area contributed by atoms with Gasteiger partial charge in [-0.15, -0.1) is 0 Å². The molecule has 37 heavy (non-hydrogen) atoms. The number of aromatic nitrogens is 4. The molecule has 2 bridgehead atoms. The number of likely N-dealkylation sites (N-methyl/N-ethyl adjacent to an activating group) is 1. The zero-order chi connectivity index (χ0) is 24.9. The van der Waals surface area contributed by atoms with Gasteiger partial charge in [0.25, 0.3) is 0 Å². The average molecular weight is 498 g/mol. The van der Waals surface area contributed by atoms with Crippen molar-refractivity contribution >= 4 is 27.6 Å². The van der Waals surface area contributed by atoms with E-state index in [2.05, 4.69) is 22.2 Å². The van der Waals surface area contributed by atoms with Gasteiger partial charge in [0.05, 0.1) is 5.39 Å². The lowest BCUT2D eigenvalue weighted by molar-refractivity contribution is 0.188. The second-order valence-electron chi connectivity index (χ2n) is 10.6. The number of hydrogen-bond acceptors (Lipinski definition) is 9. The van der Waals surface area contributed by atoms with E-state index in [0.29, 0.717) is 42.2 Å². The van der Waals surface area contributed by atoms with E-state index in [1.54, 1.807) is 12.1 Å². The van der Waals surface area contributed by atoms with Crippen LogP contribution in [-0.2, 0) is 0 Å². The van der Waals surface area contributed by atoms with Crippen molar-refractivity contribution in [3.8, 4) is 23.1 Å². The minimum Gasteiger partial charge on any atom is -0.508 e. The number of fused-ring (bicyclic) bond motifs is 4. The third kappa shape index (κ3) is 4.22. The highest BCUT2D eigenvalue weighted by molar-refractivity contribution is 5.97. The minimum atomic E-state index is 0.182. The molecule has 3 atom stereocenters. The van der Waals surface area contributed by atoms with Crippen molar-refractivity contribution in [2.75, 3.05) is 38.2 Å². The summed E-state index contributed by atoms with van der Waals surface area (Å²) in [7, 11) is 2.14. The summed E-state index contributed by atoms with van der Waals surface area (Å²) in [6.45, 7) is 3.44. The Hall–Kier alpha value is -3.56. The van der Waals surface area contributed by atoms with Crippen LogP contribution in [0.3, 0.4) is 0 Å². The maximum Gasteiger partial charge on any atom is 0.320 e. The molecule has 190 valence electrons. The van der Waals surface area contributed by atoms with Gasteiger partial charge in [0.15, 0.2) is 11.5 Å². The van der Waals surface area contributed by atoms with E-state index in [9.17, 15) is 5.11 Å². The Kier molecular flexibility index (Phi) is 5.55. The Morgan fingerprint density at radius 3 is 2.68 bits per heavy atom. The van der Waals surface area contributed by atoms with Crippen molar-refractivity contribution in [2.45, 2.75) is 43.8 Å². The highest BCUT2D eigenvalue weighted by Crippen LogP contribution is 2.34. The predicted octanol–water partition coefficient (Wildman–Crippen LogP) is 3.36. The highest BCUT2D eigenvalue weighted by Gasteiger charge is 2.34. The molecule has 2 aromatic carbocycles. The first kappa shape index (κ1) is 22.6. The van der Waals surface area contributed by atoms with Crippen molar-refractivity contribution < 1.29 is 9.84 Å². The Bertz CT molecular complexity index is 1470. The second-order valence-corrected chi connectivity index (χ2v) is 10.6. The number of piperazine rings is 1. The van der Waals surface area contributed by atoms with Gasteiger partial charge in [-0.25, -0.2) is 9.97 Å². The first-order valence-electron chi connectivity index (χ1n) is 13.2. The number of phenolic OH excluding ortho intramolecular Hbond substituents is 1. The highest BCUT2D eigenvalue weighted by atomic mass is 16.5. The smallest absolute Gasteiger partial charge is 0.320 e. The number of benzene rings is 2. The van der Waals surface area contributed by atoms with Crippen LogP contribution in [-0.4, -0.2) is 81.4 Å². The molecule has 5 heterocycles. The summed E-state index contributed by atoms with van der Waals surface area (Å²) in [5.41, 5.74) is 1.33. The number of rotatable bonds is 5. The summed E-state index contributed by atoms with van der Waals surface area (Å²) < 4.78 is 6.20. The number of nitrogens with one attached hydrogen (secondary N) is 1. The molecule has 0 amide bonds. The second kappa shape index (κ2) is 9.08. The van der Waals surface area contributed by atoms with E-state index in [1.165, 1.54) is 19.3 Å². The minimum absolute atomic E-state index is 0.182. The molecule has 0 aliphatic carbocycles. The third-order valence-electron chi connectivity index (χ3n) is 8.09. The molecule has 3 aliphatic heterocycles. The van der Waals surface area contributed by atoms with Gasteiger partial charge in [-0.1, -0.05) is 24.3 Å². The Morgan fingerprint density at radius 1 is 1.03 bits per heavy atom. The first-order chi connectivity index (χ1) is 18.1.